The number of carbonyl (C=O) groups is 2. The third-order valence-electron chi connectivity index (χ3n) is 4.65. The molecule has 0 saturated carbocycles. The number of methoxy groups -OCH3 is 2. The fraction of sp³-hybridized carbons (Fsp3) is 0.200. The predicted molar refractivity (Wildman–Crippen MR) is 119 cm³/mol. The Morgan fingerprint density at radius 3 is 2.42 bits per heavy atom. The molecule has 160 valence electrons. The van der Waals surface area contributed by atoms with Gasteiger partial charge in [-0.3, -0.25) is 4.79 Å². The summed E-state index contributed by atoms with van der Waals surface area (Å²) in [5.41, 5.74) is 1.27. The molecule has 0 radical (unpaired) electrons. The lowest BCUT2D eigenvalue weighted by Crippen LogP contribution is -2.28. The highest BCUT2D eigenvalue weighted by Gasteiger charge is 2.27. The van der Waals surface area contributed by atoms with Crippen LogP contribution in [0.1, 0.15) is 35.3 Å². The van der Waals surface area contributed by atoms with Crippen LogP contribution < -0.4 is 18.9 Å². The van der Waals surface area contributed by atoms with Gasteiger partial charge in [0, 0.05) is 6.08 Å². The molecule has 0 saturated heterocycles. The molecule has 0 amide bonds. The molecule has 2 aromatic carbocycles. The summed E-state index contributed by atoms with van der Waals surface area (Å²) in [6.07, 6.45) is 7.96. The molecule has 6 nitrogen and oxygen atoms in total. The van der Waals surface area contributed by atoms with E-state index in [4.69, 9.17) is 18.9 Å². The van der Waals surface area contributed by atoms with Gasteiger partial charge in [0.25, 0.3) is 0 Å². The number of allylic oxidation sites excluding steroid dienone is 1. The first-order valence-corrected chi connectivity index (χ1v) is 9.62. The van der Waals surface area contributed by atoms with E-state index in [1.54, 1.807) is 43.5 Å². The fourth-order valence-corrected chi connectivity index (χ4v) is 3.09. The van der Waals surface area contributed by atoms with Crippen LogP contribution in [0, 0.1) is 0 Å². The van der Waals surface area contributed by atoms with Gasteiger partial charge in [0.2, 0.25) is 0 Å². The lowest BCUT2D eigenvalue weighted by Gasteiger charge is -2.29. The average molecular weight is 420 g/mol. The van der Waals surface area contributed by atoms with Gasteiger partial charge in [-0.1, -0.05) is 18.7 Å². The molecular weight excluding hydrogens is 396 g/mol. The van der Waals surface area contributed by atoms with Gasteiger partial charge in [-0.15, -0.1) is 0 Å². The van der Waals surface area contributed by atoms with Crippen LogP contribution in [0.4, 0.5) is 0 Å². The van der Waals surface area contributed by atoms with E-state index >= 15 is 0 Å². The molecule has 1 aliphatic heterocycles. The van der Waals surface area contributed by atoms with Crippen molar-refractivity contribution in [2.24, 2.45) is 0 Å². The molecule has 3 rings (SSSR count). The molecule has 0 bridgehead atoms. The number of ether oxygens (including phenoxy) is 4. The smallest absolute Gasteiger partial charge is 0.335 e. The van der Waals surface area contributed by atoms with Crippen LogP contribution in [0.15, 0.2) is 55.1 Å². The number of rotatable bonds is 7. The van der Waals surface area contributed by atoms with Crippen molar-refractivity contribution in [2.45, 2.75) is 19.4 Å². The zero-order chi connectivity index (χ0) is 22.6. The van der Waals surface area contributed by atoms with E-state index in [9.17, 15) is 9.59 Å². The van der Waals surface area contributed by atoms with Crippen LogP contribution in [0.5, 0.6) is 23.0 Å². The molecule has 0 aromatic heterocycles. The molecule has 31 heavy (non-hydrogen) atoms. The predicted octanol–water partition coefficient (Wildman–Crippen LogP) is 4.88. The summed E-state index contributed by atoms with van der Waals surface area (Å²) in [6.45, 7) is 7.22. The maximum Gasteiger partial charge on any atom is 0.335 e. The molecule has 1 aliphatic rings. The first kappa shape index (κ1) is 21.9. The molecule has 0 unspecified atom stereocenters. The van der Waals surface area contributed by atoms with Crippen LogP contribution >= 0.6 is 0 Å². The Labute approximate surface area is 181 Å². The summed E-state index contributed by atoms with van der Waals surface area (Å²) in [4.78, 5) is 24.5. The number of hydrogen-bond acceptors (Lipinski definition) is 6. The number of carbonyl (C=O) groups excluding carboxylic acids is 2. The number of hydrogen-bond donors (Lipinski definition) is 0. The number of fused-ring (bicyclic) bond motifs is 1. The Bertz CT molecular complexity index is 1090. The first-order valence-electron chi connectivity index (χ1n) is 9.62. The van der Waals surface area contributed by atoms with Crippen molar-refractivity contribution in [2.75, 3.05) is 14.2 Å². The zero-order valence-electron chi connectivity index (χ0n) is 17.9. The van der Waals surface area contributed by atoms with E-state index in [1.165, 1.54) is 13.2 Å². The van der Waals surface area contributed by atoms with Crippen molar-refractivity contribution in [3.8, 4) is 23.0 Å². The Morgan fingerprint density at radius 1 is 1.03 bits per heavy atom. The quantitative estimate of drug-likeness (QED) is 0.275. The summed E-state index contributed by atoms with van der Waals surface area (Å²) in [6, 6.07) is 8.44. The van der Waals surface area contributed by atoms with E-state index in [0.717, 1.165) is 11.6 Å². The topological polar surface area (TPSA) is 71.1 Å². The summed E-state index contributed by atoms with van der Waals surface area (Å²) >= 11 is 0. The molecular formula is C25H24O6. The van der Waals surface area contributed by atoms with Gasteiger partial charge in [0.15, 0.2) is 17.3 Å². The Balaban J connectivity index is 1.92. The van der Waals surface area contributed by atoms with Gasteiger partial charge in [0.05, 0.1) is 25.3 Å². The molecule has 0 fully saturated rings. The van der Waals surface area contributed by atoms with Gasteiger partial charge in [0.1, 0.15) is 17.1 Å². The largest absolute Gasteiger partial charge is 0.496 e. The normalized spacial score (nSPS) is 13.8. The van der Waals surface area contributed by atoms with Crippen LogP contribution in [-0.2, 0) is 4.79 Å². The van der Waals surface area contributed by atoms with Crippen LogP contribution in [-0.4, -0.2) is 31.6 Å². The van der Waals surface area contributed by atoms with Gasteiger partial charge < -0.3 is 18.9 Å². The van der Waals surface area contributed by atoms with E-state index in [0.29, 0.717) is 28.4 Å². The Kier molecular flexibility index (Phi) is 6.30. The summed E-state index contributed by atoms with van der Waals surface area (Å²) < 4.78 is 21.9. The van der Waals surface area contributed by atoms with Gasteiger partial charge in [-0.05, 0) is 61.9 Å². The lowest BCUT2D eigenvalue weighted by atomic mass is 9.97. The Morgan fingerprint density at radius 2 is 1.74 bits per heavy atom. The molecule has 0 aliphatic carbocycles. The molecule has 1 heterocycles. The van der Waals surface area contributed by atoms with Crippen molar-refractivity contribution in [3.05, 3.63) is 71.8 Å². The SMILES string of the molecule is C=CC(=O)Oc1cc(/C=C/C(=O)c2ccc(OC)c3c2OC(C)(C)C=C3)ccc1OC. The highest BCUT2D eigenvalue weighted by molar-refractivity contribution is 6.09. The lowest BCUT2D eigenvalue weighted by molar-refractivity contribution is -0.129. The second kappa shape index (κ2) is 8.92. The molecule has 0 N–H and O–H groups in total. The molecule has 0 spiro atoms. The second-order valence-electron chi connectivity index (χ2n) is 7.33. The maximum absolute atomic E-state index is 13.0. The van der Waals surface area contributed by atoms with Crippen molar-refractivity contribution in [3.63, 3.8) is 0 Å². The summed E-state index contributed by atoms with van der Waals surface area (Å²) in [5, 5.41) is 0. The minimum absolute atomic E-state index is 0.231. The van der Waals surface area contributed by atoms with E-state index in [2.05, 4.69) is 6.58 Å². The number of esters is 1. The van der Waals surface area contributed by atoms with Crippen molar-refractivity contribution >= 4 is 23.9 Å². The molecule has 0 atom stereocenters. The standard InChI is InChI=1S/C25H24O6/c1-6-23(27)30-22-15-16(8-11-21(22)29-5)7-10-19(26)17-9-12-20(28-4)18-13-14-25(2,3)31-24(17)18/h6-15H,1H2,2-5H3/b10-7+. The van der Waals surface area contributed by atoms with Gasteiger partial charge in [-0.2, -0.15) is 0 Å². The highest BCUT2D eigenvalue weighted by Crippen LogP contribution is 2.40. The third kappa shape index (κ3) is 4.86. The van der Waals surface area contributed by atoms with Crippen LogP contribution in [0.2, 0.25) is 0 Å². The van der Waals surface area contributed by atoms with E-state index < -0.39 is 11.6 Å². The molecule has 6 heteroatoms. The van der Waals surface area contributed by atoms with Crippen molar-refractivity contribution in [1.82, 2.24) is 0 Å². The number of benzene rings is 2. The van der Waals surface area contributed by atoms with Crippen LogP contribution in [0.25, 0.3) is 12.2 Å². The minimum atomic E-state index is -0.604. The molecule has 2 aromatic rings. The average Bonchev–Trinajstić information content (AvgIpc) is 2.75. The van der Waals surface area contributed by atoms with E-state index in [-0.39, 0.29) is 11.5 Å². The zero-order valence-corrected chi connectivity index (χ0v) is 17.9. The summed E-state index contributed by atoms with van der Waals surface area (Å²) in [5.74, 6) is 0.908. The van der Waals surface area contributed by atoms with E-state index in [1.807, 2.05) is 26.0 Å². The van der Waals surface area contributed by atoms with Crippen molar-refractivity contribution in [1.29, 1.82) is 0 Å². The Hall–Kier alpha value is -3.80. The second-order valence-corrected chi connectivity index (χ2v) is 7.33. The minimum Gasteiger partial charge on any atom is -0.496 e. The van der Waals surface area contributed by atoms with Gasteiger partial charge in [-0.25, -0.2) is 4.79 Å². The first-order chi connectivity index (χ1) is 14.8. The fourth-order valence-electron chi connectivity index (χ4n) is 3.09. The highest BCUT2D eigenvalue weighted by atomic mass is 16.6. The van der Waals surface area contributed by atoms with Crippen LogP contribution in [0.3, 0.4) is 0 Å². The number of ketones is 1. The maximum atomic E-state index is 13.0. The van der Waals surface area contributed by atoms with Gasteiger partial charge >= 0.3 is 5.97 Å². The summed E-state index contributed by atoms with van der Waals surface area (Å²) in [7, 11) is 3.05. The van der Waals surface area contributed by atoms with Crippen molar-refractivity contribution < 1.29 is 28.5 Å². The third-order valence-corrected chi connectivity index (χ3v) is 4.65. The monoisotopic (exact) mass is 420 g/mol.